The predicted octanol–water partition coefficient (Wildman–Crippen LogP) is 5.36. The maximum Gasteiger partial charge on any atom is 0.165 e. The first-order valence-corrected chi connectivity index (χ1v) is 9.60. The van der Waals surface area contributed by atoms with E-state index in [2.05, 4.69) is 56.4 Å². The quantitative estimate of drug-likeness (QED) is 0.394. The molecule has 3 heteroatoms. The molecule has 0 spiro atoms. The molecule has 5 aliphatic rings. The lowest BCUT2D eigenvalue weighted by Gasteiger charge is -2.49. The van der Waals surface area contributed by atoms with Gasteiger partial charge in [-0.25, -0.2) is 0 Å². The van der Waals surface area contributed by atoms with Gasteiger partial charge in [0.1, 0.15) is 0 Å². The molecule has 4 atom stereocenters. The molecule has 1 unspecified atom stereocenters. The number of hydrogen-bond acceptors (Lipinski definition) is 2. The third-order valence-corrected chi connectivity index (χ3v) is 7.99. The van der Waals surface area contributed by atoms with Crippen LogP contribution in [0.1, 0.15) is 66.2 Å². The highest BCUT2D eigenvalue weighted by Crippen LogP contribution is 2.54. The van der Waals surface area contributed by atoms with Crippen LogP contribution in [0.15, 0.2) is 20.8 Å². The first-order chi connectivity index (χ1) is 10.3. The van der Waals surface area contributed by atoms with Gasteiger partial charge < -0.3 is 4.74 Å². The average Bonchev–Trinajstić information content (AvgIpc) is 2.41. The molecule has 0 N–H and O–H groups in total. The second-order valence-corrected chi connectivity index (χ2v) is 9.11. The smallest absolute Gasteiger partial charge is 0.165 e. The fourth-order valence-corrected chi connectivity index (χ4v) is 5.73. The van der Waals surface area contributed by atoms with Crippen LogP contribution in [0.4, 0.5) is 0 Å². The molecule has 5 rings (SSSR count). The number of rotatable bonds is 0. The Morgan fingerprint density at radius 2 is 2.05 bits per heavy atom. The molecule has 2 aliphatic carbocycles. The van der Waals surface area contributed by atoms with Gasteiger partial charge in [-0.2, -0.15) is 0 Å². The van der Waals surface area contributed by atoms with Crippen LogP contribution < -0.4 is 0 Å². The van der Waals surface area contributed by atoms with Crippen molar-refractivity contribution >= 4 is 28.4 Å². The number of ketones is 1. The summed E-state index contributed by atoms with van der Waals surface area (Å²) >= 11 is 2.45. The van der Waals surface area contributed by atoms with E-state index in [0.717, 1.165) is 37.7 Å². The lowest BCUT2D eigenvalue weighted by atomic mass is 9.64. The Hall–Kier alpha value is -0.160. The van der Waals surface area contributed by atoms with Crippen LogP contribution in [0.3, 0.4) is 0 Å². The number of ether oxygens (including phenoxy) is 1. The van der Waals surface area contributed by atoms with E-state index in [4.69, 9.17) is 4.74 Å². The molecule has 2 nitrogen and oxygen atoms in total. The molecule has 1 fully saturated rings. The lowest BCUT2D eigenvalue weighted by molar-refractivity contribution is -0.145. The summed E-state index contributed by atoms with van der Waals surface area (Å²) in [5.74, 6) is 0.887. The second-order valence-electron chi connectivity index (χ2n) is 8.03. The minimum Gasteiger partial charge on any atom is -0.367 e. The molecule has 0 aromatic heterocycles. The maximum absolute atomic E-state index is 12.9. The third-order valence-electron chi connectivity index (χ3n) is 6.18. The van der Waals surface area contributed by atoms with Gasteiger partial charge in [0.15, 0.2) is 5.78 Å². The van der Waals surface area contributed by atoms with E-state index < -0.39 is 0 Å². The molecule has 3 heterocycles. The number of halogens is 1. The van der Waals surface area contributed by atoms with Gasteiger partial charge >= 0.3 is 0 Å². The SMILES string of the molecule is C/C1=C/CC[C@@]2(C)CC(=O)C3=C(I)[C@@](C)(CC1)[C@H](C)CC3O2. The standard InChI is InChI=1S/C19H27IO2/c1-12-6-5-8-18(3)11-14(21)16-15(22-18)10-13(2)19(4,9-7-12)17(16)20/h6,13,15H,5,7-11H2,1-4H3/b12-6-/t13-,15?,18+,19+/m1/s1. The summed E-state index contributed by atoms with van der Waals surface area (Å²) in [6.45, 7) is 9.06. The largest absolute Gasteiger partial charge is 0.367 e. The first kappa shape index (κ1) is 16.7. The van der Waals surface area contributed by atoms with Gasteiger partial charge in [-0.05, 0) is 74.5 Å². The van der Waals surface area contributed by atoms with Gasteiger partial charge in [-0.3, -0.25) is 4.79 Å². The Morgan fingerprint density at radius 1 is 1.32 bits per heavy atom. The Bertz CT molecular complexity index is 562. The summed E-state index contributed by atoms with van der Waals surface area (Å²) in [5, 5.41) is 0. The molecule has 4 bridgehead atoms. The second kappa shape index (κ2) is 5.73. The fraction of sp³-hybridized carbons (Fsp3) is 0.737. The van der Waals surface area contributed by atoms with Crippen molar-refractivity contribution in [3.8, 4) is 0 Å². The van der Waals surface area contributed by atoms with Crippen molar-refractivity contribution in [3.05, 3.63) is 20.8 Å². The van der Waals surface area contributed by atoms with Gasteiger partial charge in [-0.1, -0.05) is 25.5 Å². The third kappa shape index (κ3) is 2.72. The van der Waals surface area contributed by atoms with Crippen LogP contribution in [0.25, 0.3) is 0 Å². The molecule has 22 heavy (non-hydrogen) atoms. The van der Waals surface area contributed by atoms with E-state index in [1.54, 1.807) is 0 Å². The Labute approximate surface area is 147 Å². The van der Waals surface area contributed by atoms with E-state index in [1.165, 1.54) is 9.15 Å². The van der Waals surface area contributed by atoms with Gasteiger partial charge in [0.25, 0.3) is 0 Å². The van der Waals surface area contributed by atoms with Crippen LogP contribution in [0, 0.1) is 11.3 Å². The van der Waals surface area contributed by atoms with Crippen molar-refractivity contribution in [2.45, 2.75) is 77.9 Å². The van der Waals surface area contributed by atoms with Gasteiger partial charge in [-0.15, -0.1) is 0 Å². The van der Waals surface area contributed by atoms with E-state index >= 15 is 0 Å². The molecular formula is C19H27IO2. The molecule has 0 amide bonds. The molecule has 3 aliphatic heterocycles. The lowest BCUT2D eigenvalue weighted by Crippen LogP contribution is -2.49. The molecular weight excluding hydrogens is 387 g/mol. The zero-order valence-electron chi connectivity index (χ0n) is 14.2. The Morgan fingerprint density at radius 3 is 2.77 bits per heavy atom. The average molecular weight is 414 g/mol. The number of hydrogen-bond donors (Lipinski definition) is 0. The minimum absolute atomic E-state index is 0.0192. The molecule has 0 aromatic rings. The topological polar surface area (TPSA) is 26.3 Å². The molecule has 0 aromatic carbocycles. The van der Waals surface area contributed by atoms with Crippen LogP contribution in [-0.2, 0) is 9.53 Å². The van der Waals surface area contributed by atoms with Crippen LogP contribution in [0.5, 0.6) is 0 Å². The predicted molar refractivity (Wildman–Crippen MR) is 98.1 cm³/mol. The zero-order chi connectivity index (χ0) is 16.1. The summed E-state index contributed by atoms with van der Waals surface area (Å²) in [4.78, 5) is 12.9. The summed E-state index contributed by atoms with van der Waals surface area (Å²) in [6.07, 6.45) is 8.14. The van der Waals surface area contributed by atoms with Gasteiger partial charge in [0.2, 0.25) is 0 Å². The van der Waals surface area contributed by atoms with E-state index in [1.807, 2.05) is 0 Å². The highest BCUT2D eigenvalue weighted by atomic mass is 127. The number of Topliss-reactive ketones (excluding diaryl/α,β-unsaturated/α-hetero) is 1. The summed E-state index contributed by atoms with van der Waals surface area (Å²) < 4.78 is 7.75. The van der Waals surface area contributed by atoms with Crippen molar-refractivity contribution < 1.29 is 9.53 Å². The highest BCUT2D eigenvalue weighted by Gasteiger charge is 2.49. The number of allylic oxidation sites excluding steroid dienone is 3. The Balaban J connectivity index is 2.10. The van der Waals surface area contributed by atoms with Crippen LogP contribution >= 0.6 is 22.6 Å². The van der Waals surface area contributed by atoms with Crippen LogP contribution in [0.2, 0.25) is 0 Å². The zero-order valence-corrected chi connectivity index (χ0v) is 16.3. The van der Waals surface area contributed by atoms with Crippen molar-refractivity contribution in [1.82, 2.24) is 0 Å². The van der Waals surface area contributed by atoms with Crippen molar-refractivity contribution in [2.24, 2.45) is 11.3 Å². The van der Waals surface area contributed by atoms with Crippen molar-refractivity contribution in [3.63, 3.8) is 0 Å². The normalized spacial score (nSPS) is 45.3. The molecule has 0 saturated carbocycles. The summed E-state index contributed by atoms with van der Waals surface area (Å²) in [5.41, 5.74) is 2.32. The number of carbonyl (C=O) groups excluding carboxylic acids is 1. The van der Waals surface area contributed by atoms with Crippen molar-refractivity contribution in [2.75, 3.05) is 0 Å². The number of carbonyl (C=O) groups is 1. The van der Waals surface area contributed by atoms with Crippen molar-refractivity contribution in [1.29, 1.82) is 0 Å². The van der Waals surface area contributed by atoms with E-state index in [-0.39, 0.29) is 17.1 Å². The van der Waals surface area contributed by atoms with E-state index in [9.17, 15) is 4.79 Å². The van der Waals surface area contributed by atoms with Crippen LogP contribution in [-0.4, -0.2) is 17.5 Å². The monoisotopic (exact) mass is 414 g/mol. The maximum atomic E-state index is 12.9. The van der Waals surface area contributed by atoms with E-state index in [0.29, 0.717) is 18.1 Å². The summed E-state index contributed by atoms with van der Waals surface area (Å²) in [7, 11) is 0. The Kier molecular flexibility index (Phi) is 4.35. The van der Waals surface area contributed by atoms with Gasteiger partial charge in [0, 0.05) is 21.0 Å². The molecule has 0 radical (unpaired) electrons. The van der Waals surface area contributed by atoms with Gasteiger partial charge in [0.05, 0.1) is 11.7 Å². The summed E-state index contributed by atoms with van der Waals surface area (Å²) in [6, 6.07) is 0. The highest BCUT2D eigenvalue weighted by molar-refractivity contribution is 14.1. The minimum atomic E-state index is -0.286. The number of fused-ring (bicyclic) bond motifs is 2. The fourth-order valence-electron chi connectivity index (χ4n) is 4.28. The molecule has 1 saturated heterocycles. The molecule has 122 valence electrons. The first-order valence-electron chi connectivity index (χ1n) is 8.52.